The van der Waals surface area contributed by atoms with Crippen LogP contribution in [0.4, 0.5) is 8.78 Å². The van der Waals surface area contributed by atoms with Crippen molar-refractivity contribution >= 4 is 29.3 Å². The first-order chi connectivity index (χ1) is 9.27. The Morgan fingerprint density at radius 3 is 1.50 bits per heavy atom. The third kappa shape index (κ3) is 6.70. The molecule has 2 aromatic rings. The molecule has 0 aliphatic rings. The van der Waals surface area contributed by atoms with Crippen molar-refractivity contribution in [1.82, 2.24) is 0 Å². The van der Waals surface area contributed by atoms with E-state index in [9.17, 15) is 8.78 Å². The first-order valence-electron chi connectivity index (χ1n) is 5.52. The van der Waals surface area contributed by atoms with E-state index in [0.717, 1.165) is 0 Å². The summed E-state index contributed by atoms with van der Waals surface area (Å²) in [6, 6.07) is 13.0. The summed E-state index contributed by atoms with van der Waals surface area (Å²) in [6.07, 6.45) is 0.604. The summed E-state index contributed by atoms with van der Waals surface area (Å²) in [6.45, 7) is 0. The van der Waals surface area contributed by atoms with Gasteiger partial charge < -0.3 is 4.55 Å². The fourth-order valence-corrected chi connectivity index (χ4v) is 2.57. The number of rotatable bonds is 2. The van der Waals surface area contributed by atoms with E-state index in [1.165, 1.54) is 12.1 Å². The molecule has 0 atom stereocenters. The summed E-state index contributed by atoms with van der Waals surface area (Å²) in [5.74, 6) is -0.508. The summed E-state index contributed by atoms with van der Waals surface area (Å²) in [7, 11) is -4.43. The standard InChI is InChI=1S/C12H9F2P.CH4O3S/c13-9-5-1-3-7-11(9)15-12-8-4-2-6-10(12)14;1-5(2,3)4/h1-8,15H;1H3,(H,2,3,4). The normalized spacial score (nSPS) is 10.6. The van der Waals surface area contributed by atoms with Gasteiger partial charge in [0, 0.05) is 6.26 Å². The molecular weight excluding hydrogens is 305 g/mol. The van der Waals surface area contributed by atoms with Gasteiger partial charge in [0.2, 0.25) is 0 Å². The highest BCUT2D eigenvalue weighted by Gasteiger charge is 2.12. The molecule has 2 rings (SSSR count). The van der Waals surface area contributed by atoms with Crippen LogP contribution in [-0.4, -0.2) is 19.2 Å². The van der Waals surface area contributed by atoms with Crippen LogP contribution < -0.4 is 10.6 Å². The van der Waals surface area contributed by atoms with Gasteiger partial charge in [-0.3, -0.25) is 0 Å². The van der Waals surface area contributed by atoms with Gasteiger partial charge in [-0.2, -0.15) is 0 Å². The van der Waals surface area contributed by atoms with Crippen molar-refractivity contribution in [2.45, 2.75) is 0 Å². The lowest BCUT2D eigenvalue weighted by Crippen LogP contribution is -2.09. The molecule has 20 heavy (non-hydrogen) atoms. The van der Waals surface area contributed by atoms with Gasteiger partial charge in [0.1, 0.15) is 10.6 Å². The minimum Gasteiger partial charge on any atom is -0.748 e. The fraction of sp³-hybridized carbons (Fsp3) is 0.0769. The smallest absolute Gasteiger partial charge is 0.165 e. The predicted octanol–water partition coefficient (Wildman–Crippen LogP) is 1.49. The highest BCUT2D eigenvalue weighted by atomic mass is 32.2. The number of halogens is 2. The Bertz CT molecular complexity index is 623. The lowest BCUT2D eigenvalue weighted by molar-refractivity contribution is 0.470. The Balaban J connectivity index is 0.000000347. The van der Waals surface area contributed by atoms with Crippen LogP contribution in [0.1, 0.15) is 0 Å². The minimum absolute atomic E-state index is 0.254. The van der Waals surface area contributed by atoms with Crippen LogP contribution in [-0.2, 0) is 10.1 Å². The molecule has 108 valence electrons. The van der Waals surface area contributed by atoms with Crippen LogP contribution in [0, 0.1) is 11.6 Å². The van der Waals surface area contributed by atoms with Gasteiger partial charge >= 0.3 is 0 Å². The third-order valence-electron chi connectivity index (χ3n) is 2.12. The Morgan fingerprint density at radius 1 is 0.900 bits per heavy atom. The van der Waals surface area contributed by atoms with Crippen molar-refractivity contribution in [1.29, 1.82) is 0 Å². The molecule has 0 aliphatic heterocycles. The summed E-state index contributed by atoms with van der Waals surface area (Å²) < 4.78 is 53.8. The van der Waals surface area contributed by atoms with E-state index in [2.05, 4.69) is 0 Å². The minimum atomic E-state index is -3.92. The maximum absolute atomic E-state index is 13.3. The topological polar surface area (TPSA) is 57.2 Å². The van der Waals surface area contributed by atoms with Crippen molar-refractivity contribution in [2.75, 3.05) is 6.26 Å². The summed E-state index contributed by atoms with van der Waals surface area (Å²) in [5.41, 5.74) is 0. The van der Waals surface area contributed by atoms with Gasteiger partial charge in [-0.25, -0.2) is 17.2 Å². The fourth-order valence-electron chi connectivity index (χ4n) is 1.35. The molecule has 0 N–H and O–H groups in total. The van der Waals surface area contributed by atoms with Gasteiger partial charge in [-0.15, -0.1) is 0 Å². The maximum Gasteiger partial charge on any atom is 0.165 e. The molecule has 0 aliphatic carbocycles. The number of hydrogen-bond donors (Lipinski definition) is 0. The lowest BCUT2D eigenvalue weighted by Gasteiger charge is -1.97. The van der Waals surface area contributed by atoms with Crippen LogP contribution in [0.25, 0.3) is 0 Å². The molecule has 0 saturated carbocycles. The summed E-state index contributed by atoms with van der Waals surface area (Å²) in [4.78, 5) is 0. The van der Waals surface area contributed by atoms with Crippen molar-refractivity contribution < 1.29 is 21.8 Å². The van der Waals surface area contributed by atoms with E-state index in [0.29, 0.717) is 16.9 Å². The molecule has 0 spiro atoms. The zero-order valence-corrected chi connectivity index (χ0v) is 12.6. The van der Waals surface area contributed by atoms with E-state index in [1.54, 1.807) is 36.4 Å². The van der Waals surface area contributed by atoms with Crippen LogP contribution >= 0.6 is 8.58 Å². The number of benzene rings is 2. The van der Waals surface area contributed by atoms with E-state index >= 15 is 0 Å². The monoisotopic (exact) mass is 318 g/mol. The van der Waals surface area contributed by atoms with Crippen LogP contribution in [0.5, 0.6) is 0 Å². The van der Waals surface area contributed by atoms with Crippen molar-refractivity contribution in [3.05, 3.63) is 60.2 Å². The first kappa shape index (κ1) is 16.7. The molecular formula is C13H13F2O3PS. The second kappa shape index (κ2) is 7.43. The van der Waals surface area contributed by atoms with Crippen LogP contribution in [0.2, 0.25) is 0 Å². The van der Waals surface area contributed by atoms with Gasteiger partial charge in [0.05, 0.1) is 18.7 Å². The van der Waals surface area contributed by atoms with Crippen molar-refractivity contribution in [2.24, 2.45) is 0 Å². The molecule has 0 saturated heterocycles. The maximum atomic E-state index is 13.3. The zero-order valence-electron chi connectivity index (χ0n) is 10.6. The van der Waals surface area contributed by atoms with Gasteiger partial charge in [0.15, 0.2) is 11.6 Å². The molecule has 3 nitrogen and oxygen atoms in total. The lowest BCUT2D eigenvalue weighted by atomic mass is 10.3. The first-order valence-corrected chi connectivity index (χ1v) is 8.49. The highest BCUT2D eigenvalue weighted by Crippen LogP contribution is 2.14. The van der Waals surface area contributed by atoms with Crippen LogP contribution in [0.15, 0.2) is 48.5 Å². The molecule has 0 unspecified atom stereocenters. The Kier molecular flexibility index (Phi) is 6.20. The molecule has 7 heteroatoms. The third-order valence-corrected chi connectivity index (χ3v) is 3.68. The second-order valence-corrected chi connectivity index (χ2v) is 6.83. The van der Waals surface area contributed by atoms with E-state index < -0.39 is 18.7 Å². The van der Waals surface area contributed by atoms with E-state index in [-0.39, 0.29) is 11.6 Å². The SMILES string of the molecule is CS(=O)(=O)[O-].Fc1ccccc1[PH2+]c1ccccc1F. The van der Waals surface area contributed by atoms with Crippen molar-refractivity contribution in [3.63, 3.8) is 0 Å². The Morgan fingerprint density at radius 2 is 1.20 bits per heavy atom. The molecule has 0 amide bonds. The van der Waals surface area contributed by atoms with E-state index in [1.807, 2.05) is 0 Å². The highest BCUT2D eigenvalue weighted by molar-refractivity contribution is 7.84. The second-order valence-electron chi connectivity index (χ2n) is 3.89. The molecule has 0 heterocycles. The average Bonchev–Trinajstić information content (AvgIpc) is 2.33. The average molecular weight is 318 g/mol. The summed E-state index contributed by atoms with van der Waals surface area (Å²) in [5, 5.41) is 1.20. The van der Waals surface area contributed by atoms with Gasteiger partial charge in [-0.05, 0) is 24.3 Å². The summed E-state index contributed by atoms with van der Waals surface area (Å²) >= 11 is 0. The largest absolute Gasteiger partial charge is 0.748 e. The molecule has 0 fully saturated rings. The molecule has 2 aromatic carbocycles. The molecule has 0 aromatic heterocycles. The van der Waals surface area contributed by atoms with Gasteiger partial charge in [0.25, 0.3) is 0 Å². The Labute approximate surface area is 118 Å². The van der Waals surface area contributed by atoms with E-state index in [4.69, 9.17) is 13.0 Å². The number of hydrogen-bond acceptors (Lipinski definition) is 3. The van der Waals surface area contributed by atoms with Crippen LogP contribution in [0.3, 0.4) is 0 Å². The quantitative estimate of drug-likeness (QED) is 0.623. The molecule has 0 bridgehead atoms. The predicted molar refractivity (Wildman–Crippen MR) is 77.4 cm³/mol. The van der Waals surface area contributed by atoms with Gasteiger partial charge in [-0.1, -0.05) is 24.3 Å². The zero-order chi connectivity index (χ0) is 15.2. The Hall–Kier alpha value is -1.36. The van der Waals surface area contributed by atoms with Crippen molar-refractivity contribution in [3.8, 4) is 0 Å². The molecule has 0 radical (unpaired) electrons.